The molecule has 2 aliphatic carbocycles. The number of para-hydroxylation sites is 1. The maximum atomic E-state index is 2.63. The van der Waals surface area contributed by atoms with Crippen LogP contribution in [0.2, 0.25) is 0 Å². The van der Waals surface area contributed by atoms with Gasteiger partial charge in [0, 0.05) is 21.8 Å². The number of benzene rings is 1. The molecule has 1 nitrogen and oxygen atoms in total. The monoisotopic (exact) mass is 353 g/mol. The Morgan fingerprint density at radius 2 is 1.81 bits per heavy atom. The molecule has 6 rings (SSSR count). The van der Waals surface area contributed by atoms with Gasteiger partial charge in [-0.2, -0.15) is 0 Å². The van der Waals surface area contributed by atoms with Crippen molar-refractivity contribution in [3.8, 4) is 11.1 Å². The van der Waals surface area contributed by atoms with E-state index in [1.54, 1.807) is 16.6 Å². The highest BCUT2D eigenvalue weighted by Crippen LogP contribution is 2.48. The summed E-state index contributed by atoms with van der Waals surface area (Å²) in [5, 5.41) is 2.41. The number of rotatable bonds is 0. The summed E-state index contributed by atoms with van der Waals surface area (Å²) in [5.74, 6) is 0. The first-order valence-electron chi connectivity index (χ1n) is 9.61. The van der Waals surface area contributed by atoms with E-state index in [0.717, 1.165) is 0 Å². The molecule has 0 N–H and O–H groups in total. The average Bonchev–Trinajstić information content (AvgIpc) is 3.09. The van der Waals surface area contributed by atoms with Crippen molar-refractivity contribution in [2.45, 2.75) is 32.6 Å². The predicted molar refractivity (Wildman–Crippen MR) is 113 cm³/mol. The Balaban J connectivity index is 1.71. The van der Waals surface area contributed by atoms with Crippen LogP contribution >= 0.6 is 11.3 Å². The van der Waals surface area contributed by atoms with Crippen LogP contribution in [-0.4, -0.2) is 6.85 Å². The highest BCUT2D eigenvalue weighted by molar-refractivity contribution is 7.12. The number of nitrogens with zero attached hydrogens (tertiary/aromatic N) is 1. The van der Waals surface area contributed by atoms with Gasteiger partial charge in [-0.1, -0.05) is 36.4 Å². The van der Waals surface area contributed by atoms with Crippen LogP contribution in [0, 0.1) is 6.92 Å². The van der Waals surface area contributed by atoms with Crippen molar-refractivity contribution in [3.05, 3.63) is 81.1 Å². The van der Waals surface area contributed by atoms with Gasteiger partial charge >= 0.3 is 6.85 Å². The molecule has 26 heavy (non-hydrogen) atoms. The van der Waals surface area contributed by atoms with E-state index in [9.17, 15) is 0 Å². The Morgan fingerprint density at radius 3 is 2.73 bits per heavy atom. The quantitative estimate of drug-likeness (QED) is 0.562. The van der Waals surface area contributed by atoms with E-state index in [4.69, 9.17) is 0 Å². The normalized spacial score (nSPS) is 19.9. The van der Waals surface area contributed by atoms with E-state index in [1.165, 1.54) is 58.5 Å². The van der Waals surface area contributed by atoms with Gasteiger partial charge in [-0.15, -0.1) is 11.3 Å². The van der Waals surface area contributed by atoms with E-state index in [1.807, 2.05) is 11.3 Å². The van der Waals surface area contributed by atoms with Crippen molar-refractivity contribution in [2.75, 3.05) is 4.81 Å². The lowest BCUT2D eigenvalue weighted by Crippen LogP contribution is -2.54. The highest BCUT2D eigenvalue weighted by atomic mass is 32.1. The molecule has 1 aromatic heterocycles. The zero-order chi connectivity index (χ0) is 17.3. The first kappa shape index (κ1) is 14.9. The number of allylic oxidation sites excluding steroid dienone is 7. The van der Waals surface area contributed by atoms with Gasteiger partial charge in [-0.3, -0.25) is 0 Å². The Morgan fingerprint density at radius 1 is 1.00 bits per heavy atom. The standard InChI is InChI=1S/C23H20BNS/c1-15-23-18-10-4-7-13-22(18)25-21-12-6-3-9-17(21)16-8-2-5-11-19(16)24(25)20(23)14-26-15/h4-7,10-14H,2-3,8-9H2,1H3. The zero-order valence-electron chi connectivity index (χ0n) is 15.0. The molecule has 3 heteroatoms. The summed E-state index contributed by atoms with van der Waals surface area (Å²) in [6.07, 6.45) is 14.3. The van der Waals surface area contributed by atoms with Crippen LogP contribution in [0.1, 0.15) is 30.6 Å². The molecular formula is C23H20BNS. The van der Waals surface area contributed by atoms with Crippen LogP contribution in [0.3, 0.4) is 0 Å². The molecule has 2 aliphatic heterocycles. The van der Waals surface area contributed by atoms with Crippen molar-refractivity contribution >= 4 is 29.3 Å². The maximum absolute atomic E-state index is 2.63. The van der Waals surface area contributed by atoms with Crippen LogP contribution in [-0.2, 0) is 0 Å². The van der Waals surface area contributed by atoms with Gasteiger partial charge < -0.3 is 4.81 Å². The molecule has 2 aromatic rings. The van der Waals surface area contributed by atoms with Crippen molar-refractivity contribution in [1.29, 1.82) is 0 Å². The van der Waals surface area contributed by atoms with Crippen molar-refractivity contribution in [1.82, 2.24) is 0 Å². The third-order valence-corrected chi connectivity index (χ3v) is 7.19. The SMILES string of the molecule is Cc1scc2c1-c1ccccc1N1B2C2=C(CCC=C2)C2=C1C=CCC2. The summed E-state index contributed by atoms with van der Waals surface area (Å²) < 4.78 is 0. The van der Waals surface area contributed by atoms with Crippen LogP contribution in [0.25, 0.3) is 11.1 Å². The minimum atomic E-state index is 0.331. The second kappa shape index (κ2) is 5.37. The summed E-state index contributed by atoms with van der Waals surface area (Å²) in [5.41, 5.74) is 11.9. The van der Waals surface area contributed by atoms with Crippen molar-refractivity contribution in [3.63, 3.8) is 0 Å². The highest BCUT2D eigenvalue weighted by Gasteiger charge is 2.44. The van der Waals surface area contributed by atoms with Crippen molar-refractivity contribution in [2.24, 2.45) is 0 Å². The Bertz CT molecular complexity index is 1070. The first-order valence-corrected chi connectivity index (χ1v) is 10.5. The van der Waals surface area contributed by atoms with Gasteiger partial charge in [0.2, 0.25) is 0 Å². The van der Waals surface area contributed by atoms with Crippen LogP contribution in [0.5, 0.6) is 0 Å². The molecule has 126 valence electrons. The lowest BCUT2D eigenvalue weighted by atomic mass is 9.42. The molecule has 0 spiro atoms. The molecule has 0 amide bonds. The van der Waals surface area contributed by atoms with Crippen LogP contribution in [0.15, 0.2) is 76.3 Å². The predicted octanol–water partition coefficient (Wildman–Crippen LogP) is 5.55. The number of hydrogen-bond donors (Lipinski definition) is 0. The second-order valence-electron chi connectivity index (χ2n) is 7.59. The topological polar surface area (TPSA) is 3.24 Å². The smallest absolute Gasteiger partial charge is 0.329 e. The van der Waals surface area contributed by atoms with E-state index in [2.05, 4.69) is 65.7 Å². The molecule has 4 aliphatic rings. The third-order valence-electron chi connectivity index (χ3n) is 6.26. The lowest BCUT2D eigenvalue weighted by molar-refractivity contribution is 0.866. The number of aryl methyl sites for hydroxylation is 1. The average molecular weight is 353 g/mol. The van der Waals surface area contributed by atoms with Gasteiger partial charge in [0.1, 0.15) is 0 Å². The van der Waals surface area contributed by atoms with E-state index >= 15 is 0 Å². The van der Waals surface area contributed by atoms with E-state index in [-0.39, 0.29) is 0 Å². The van der Waals surface area contributed by atoms with Gasteiger partial charge in [-0.05, 0) is 77.8 Å². The van der Waals surface area contributed by atoms with Crippen LogP contribution in [0.4, 0.5) is 5.69 Å². The first-order chi connectivity index (χ1) is 12.8. The van der Waals surface area contributed by atoms with Gasteiger partial charge in [0.05, 0.1) is 0 Å². The maximum Gasteiger partial charge on any atom is 0.329 e. The largest absolute Gasteiger partial charge is 0.376 e. The summed E-state index contributed by atoms with van der Waals surface area (Å²) in [7, 11) is 0. The molecule has 0 unspecified atom stereocenters. The third kappa shape index (κ3) is 1.82. The Labute approximate surface area is 159 Å². The fraction of sp³-hybridized carbons (Fsp3) is 0.217. The number of fused-ring (bicyclic) bond motifs is 9. The van der Waals surface area contributed by atoms with Crippen LogP contribution < -0.4 is 10.3 Å². The molecule has 0 radical (unpaired) electrons. The molecule has 1 aromatic carbocycles. The fourth-order valence-electron chi connectivity index (χ4n) is 5.21. The lowest BCUT2D eigenvalue weighted by Gasteiger charge is -2.45. The molecule has 0 bridgehead atoms. The summed E-state index contributed by atoms with van der Waals surface area (Å²) in [4.78, 5) is 4.07. The molecule has 0 saturated heterocycles. The summed E-state index contributed by atoms with van der Waals surface area (Å²) >= 11 is 1.90. The van der Waals surface area contributed by atoms with Gasteiger partial charge in [0.15, 0.2) is 0 Å². The van der Waals surface area contributed by atoms with Gasteiger partial charge in [0.25, 0.3) is 0 Å². The Hall–Kier alpha value is -2.26. The zero-order valence-corrected chi connectivity index (χ0v) is 15.8. The summed E-state index contributed by atoms with van der Waals surface area (Å²) in [6.45, 7) is 2.61. The minimum absolute atomic E-state index is 0.331. The fourth-order valence-corrected chi connectivity index (χ4v) is 6.11. The van der Waals surface area contributed by atoms with E-state index in [0.29, 0.717) is 6.85 Å². The molecule has 0 atom stereocenters. The van der Waals surface area contributed by atoms with E-state index < -0.39 is 0 Å². The summed E-state index contributed by atoms with van der Waals surface area (Å²) in [6, 6.07) is 8.99. The molecule has 0 fully saturated rings. The molecular weight excluding hydrogens is 333 g/mol. The second-order valence-corrected chi connectivity index (χ2v) is 8.68. The number of hydrogen-bond acceptors (Lipinski definition) is 2. The van der Waals surface area contributed by atoms with Gasteiger partial charge in [-0.25, -0.2) is 0 Å². The number of thiophene rings is 1. The molecule has 0 saturated carbocycles. The minimum Gasteiger partial charge on any atom is -0.376 e. The molecule has 3 heterocycles. The Kier molecular flexibility index (Phi) is 3.07. The van der Waals surface area contributed by atoms with Crippen molar-refractivity contribution < 1.29 is 0 Å². The number of anilines is 1.